The average molecular weight is 530 g/mol. The van der Waals surface area contributed by atoms with Crippen molar-refractivity contribution in [2.75, 3.05) is 5.32 Å². The SMILES string of the molecule is CC1C=C2CC(CCC23c2ccccc2-c2cc(Nc4cccc(-c5cccc(-c6ccccc6)c5)c4)ccc23)C1. The van der Waals surface area contributed by atoms with Crippen LogP contribution in [0, 0.1) is 11.8 Å². The Morgan fingerprint density at radius 2 is 1.29 bits per heavy atom. The molecule has 3 unspecified atom stereocenters. The second kappa shape index (κ2) is 9.63. The Labute approximate surface area is 243 Å². The van der Waals surface area contributed by atoms with Crippen molar-refractivity contribution in [3.8, 4) is 33.4 Å². The Morgan fingerprint density at radius 3 is 2.17 bits per heavy atom. The lowest BCUT2D eigenvalue weighted by Gasteiger charge is -2.45. The summed E-state index contributed by atoms with van der Waals surface area (Å²) in [4.78, 5) is 0. The quantitative estimate of drug-likeness (QED) is 0.228. The van der Waals surface area contributed by atoms with Gasteiger partial charge >= 0.3 is 0 Å². The normalized spacial score (nSPS) is 22.1. The highest BCUT2D eigenvalue weighted by Crippen LogP contribution is 2.60. The Hall–Kier alpha value is -4.36. The second-order valence-corrected chi connectivity index (χ2v) is 12.4. The predicted molar refractivity (Wildman–Crippen MR) is 172 cm³/mol. The molecule has 1 saturated carbocycles. The van der Waals surface area contributed by atoms with Crippen LogP contribution in [0.2, 0.25) is 0 Å². The van der Waals surface area contributed by atoms with Crippen LogP contribution >= 0.6 is 0 Å². The molecule has 0 amide bonds. The zero-order chi connectivity index (χ0) is 27.4. The van der Waals surface area contributed by atoms with Crippen LogP contribution in [0.3, 0.4) is 0 Å². The van der Waals surface area contributed by atoms with Gasteiger partial charge in [0.05, 0.1) is 0 Å². The van der Waals surface area contributed by atoms with Gasteiger partial charge in [-0.3, -0.25) is 0 Å². The van der Waals surface area contributed by atoms with Crippen molar-refractivity contribution in [3.05, 3.63) is 144 Å². The van der Waals surface area contributed by atoms with Crippen molar-refractivity contribution < 1.29 is 0 Å². The van der Waals surface area contributed by atoms with Crippen LogP contribution in [-0.4, -0.2) is 0 Å². The third kappa shape index (κ3) is 4.06. The van der Waals surface area contributed by atoms with Gasteiger partial charge in [0.25, 0.3) is 0 Å². The highest BCUT2D eigenvalue weighted by atomic mass is 14.9. The molecule has 1 N–H and O–H groups in total. The van der Waals surface area contributed by atoms with E-state index in [-0.39, 0.29) is 5.41 Å². The number of benzene rings is 5. The summed E-state index contributed by atoms with van der Waals surface area (Å²) in [7, 11) is 0. The number of hydrogen-bond donors (Lipinski definition) is 1. The fraction of sp³-hybridized carbons (Fsp3) is 0.200. The highest BCUT2D eigenvalue weighted by molar-refractivity contribution is 5.86. The summed E-state index contributed by atoms with van der Waals surface area (Å²) in [6, 6.07) is 44.5. The molecule has 1 nitrogen and oxygen atoms in total. The summed E-state index contributed by atoms with van der Waals surface area (Å²) in [6.45, 7) is 2.41. The summed E-state index contributed by atoms with van der Waals surface area (Å²) in [5.74, 6) is 1.53. The predicted octanol–water partition coefficient (Wildman–Crippen LogP) is 10.8. The average Bonchev–Trinajstić information content (AvgIpc) is 3.29. The first-order valence-electron chi connectivity index (χ1n) is 15.2. The molecule has 0 heterocycles. The van der Waals surface area contributed by atoms with E-state index >= 15 is 0 Å². The minimum atomic E-state index is 0.0549. The molecule has 0 aliphatic heterocycles. The molecule has 3 aliphatic carbocycles. The van der Waals surface area contributed by atoms with Crippen LogP contribution in [-0.2, 0) is 5.41 Å². The molecule has 1 spiro atoms. The van der Waals surface area contributed by atoms with E-state index in [0.717, 1.165) is 17.3 Å². The van der Waals surface area contributed by atoms with Crippen molar-refractivity contribution in [1.29, 1.82) is 0 Å². The Balaban J connectivity index is 1.14. The van der Waals surface area contributed by atoms with Gasteiger partial charge in [0.2, 0.25) is 0 Å². The lowest BCUT2D eigenvalue weighted by atomic mass is 9.58. The van der Waals surface area contributed by atoms with Gasteiger partial charge in [-0.1, -0.05) is 110 Å². The molecular formula is C40H35N. The number of fused-ring (bicyclic) bond motifs is 8. The molecule has 3 atom stereocenters. The summed E-state index contributed by atoms with van der Waals surface area (Å²) < 4.78 is 0. The molecule has 0 aromatic heterocycles. The largest absolute Gasteiger partial charge is 0.355 e. The van der Waals surface area contributed by atoms with E-state index in [9.17, 15) is 0 Å². The third-order valence-corrected chi connectivity index (χ3v) is 9.79. The first-order chi connectivity index (χ1) is 20.2. The molecule has 2 bridgehead atoms. The van der Waals surface area contributed by atoms with Gasteiger partial charge in [-0.2, -0.15) is 0 Å². The maximum Gasteiger partial charge on any atom is 0.0423 e. The summed E-state index contributed by atoms with van der Waals surface area (Å²) >= 11 is 0. The number of allylic oxidation sites excluding steroid dienone is 2. The lowest BCUT2D eigenvalue weighted by molar-refractivity contribution is 0.284. The lowest BCUT2D eigenvalue weighted by Crippen LogP contribution is -2.36. The fourth-order valence-corrected chi connectivity index (χ4v) is 8.04. The summed E-state index contributed by atoms with van der Waals surface area (Å²) in [5, 5.41) is 3.75. The van der Waals surface area contributed by atoms with E-state index in [1.807, 2.05) is 0 Å². The zero-order valence-electron chi connectivity index (χ0n) is 23.6. The highest BCUT2D eigenvalue weighted by Gasteiger charge is 2.49. The standard InChI is InChI=1S/C40H35N/c1-27-21-28-19-20-40(33(22-27)23-28)38-16-6-5-15-36(38)37-26-35(17-18-39(37)40)41-34-14-8-13-32(25-34)31-12-7-11-30(24-31)29-9-3-2-4-10-29/h2-18,22,24-28,41H,19-21,23H2,1H3. The van der Waals surface area contributed by atoms with Crippen LogP contribution in [0.5, 0.6) is 0 Å². The van der Waals surface area contributed by atoms with E-state index in [4.69, 9.17) is 0 Å². The zero-order valence-corrected chi connectivity index (χ0v) is 23.6. The molecular weight excluding hydrogens is 494 g/mol. The van der Waals surface area contributed by atoms with Gasteiger partial charge in [-0.05, 0) is 112 Å². The summed E-state index contributed by atoms with van der Waals surface area (Å²) in [6.07, 6.45) is 7.79. The van der Waals surface area contributed by atoms with E-state index in [2.05, 4.69) is 140 Å². The van der Waals surface area contributed by atoms with Crippen LogP contribution in [0.4, 0.5) is 11.4 Å². The fourth-order valence-electron chi connectivity index (χ4n) is 8.04. The van der Waals surface area contributed by atoms with Crippen molar-refractivity contribution in [2.24, 2.45) is 11.8 Å². The van der Waals surface area contributed by atoms with Crippen molar-refractivity contribution in [2.45, 2.75) is 38.0 Å². The van der Waals surface area contributed by atoms with E-state index in [1.54, 1.807) is 5.57 Å². The maximum atomic E-state index is 3.75. The molecule has 1 heteroatoms. The summed E-state index contributed by atoms with van der Waals surface area (Å²) in [5.41, 5.74) is 14.7. The number of nitrogens with one attached hydrogen (secondary N) is 1. The minimum absolute atomic E-state index is 0.0549. The van der Waals surface area contributed by atoms with Gasteiger partial charge in [0.1, 0.15) is 0 Å². The molecule has 0 saturated heterocycles. The topological polar surface area (TPSA) is 12.0 Å². The second-order valence-electron chi connectivity index (χ2n) is 12.4. The monoisotopic (exact) mass is 529 g/mol. The van der Waals surface area contributed by atoms with E-state index < -0.39 is 0 Å². The van der Waals surface area contributed by atoms with Gasteiger partial charge in [0, 0.05) is 16.8 Å². The van der Waals surface area contributed by atoms with E-state index in [1.165, 1.54) is 70.2 Å². The van der Waals surface area contributed by atoms with Crippen LogP contribution < -0.4 is 5.32 Å². The van der Waals surface area contributed by atoms with Crippen molar-refractivity contribution >= 4 is 11.4 Å². The number of rotatable bonds is 4. The first kappa shape index (κ1) is 24.4. The Morgan fingerprint density at radius 1 is 0.610 bits per heavy atom. The molecule has 5 aromatic rings. The van der Waals surface area contributed by atoms with E-state index in [0.29, 0.717) is 5.92 Å². The molecule has 1 fully saturated rings. The maximum absolute atomic E-state index is 3.75. The van der Waals surface area contributed by atoms with Crippen molar-refractivity contribution in [3.63, 3.8) is 0 Å². The first-order valence-corrected chi connectivity index (χ1v) is 15.2. The van der Waals surface area contributed by atoms with Crippen LogP contribution in [0.15, 0.2) is 133 Å². The minimum Gasteiger partial charge on any atom is -0.355 e. The van der Waals surface area contributed by atoms with Gasteiger partial charge in [-0.15, -0.1) is 0 Å². The van der Waals surface area contributed by atoms with Gasteiger partial charge in [0.15, 0.2) is 0 Å². The van der Waals surface area contributed by atoms with Gasteiger partial charge < -0.3 is 5.32 Å². The number of hydrogen-bond acceptors (Lipinski definition) is 1. The van der Waals surface area contributed by atoms with Crippen LogP contribution in [0.1, 0.15) is 43.7 Å². The van der Waals surface area contributed by atoms with Crippen LogP contribution in [0.25, 0.3) is 33.4 Å². The molecule has 8 rings (SSSR count). The Kier molecular flexibility index (Phi) is 5.74. The molecule has 200 valence electrons. The Bertz CT molecular complexity index is 1800. The molecule has 41 heavy (non-hydrogen) atoms. The number of anilines is 2. The van der Waals surface area contributed by atoms with Gasteiger partial charge in [-0.25, -0.2) is 0 Å². The van der Waals surface area contributed by atoms with Crippen molar-refractivity contribution in [1.82, 2.24) is 0 Å². The molecule has 5 aromatic carbocycles. The molecule has 0 radical (unpaired) electrons. The molecule has 3 aliphatic rings. The smallest absolute Gasteiger partial charge is 0.0423 e. The third-order valence-electron chi connectivity index (χ3n) is 9.79.